The van der Waals surface area contributed by atoms with Crippen molar-refractivity contribution < 1.29 is 18.4 Å². The third kappa shape index (κ3) is 5.25. The van der Waals surface area contributed by atoms with Gasteiger partial charge in [0.1, 0.15) is 23.2 Å². The molecule has 174 valence electrons. The number of furan rings is 1. The molecular formula is C23H27FN6O3. The third-order valence-electron chi connectivity index (χ3n) is 5.98. The Bertz CT molecular complexity index is 1120. The van der Waals surface area contributed by atoms with Gasteiger partial charge in [-0.3, -0.25) is 14.9 Å². The first-order chi connectivity index (χ1) is 15.9. The number of benzene rings is 1. The van der Waals surface area contributed by atoms with Gasteiger partial charge in [-0.15, -0.1) is 0 Å². The van der Waals surface area contributed by atoms with Crippen molar-refractivity contribution in [2.75, 3.05) is 31.5 Å². The summed E-state index contributed by atoms with van der Waals surface area (Å²) in [4.78, 5) is 33.5. The Kier molecular flexibility index (Phi) is 6.77. The fraction of sp³-hybridized carbons (Fsp3) is 0.478. The zero-order valence-corrected chi connectivity index (χ0v) is 18.6. The molecule has 9 nitrogen and oxygen atoms in total. The predicted octanol–water partition coefficient (Wildman–Crippen LogP) is 2.72. The van der Waals surface area contributed by atoms with Crippen molar-refractivity contribution >= 4 is 34.4 Å². The molecular weight excluding hydrogens is 427 g/mol. The van der Waals surface area contributed by atoms with E-state index in [9.17, 15) is 14.0 Å². The van der Waals surface area contributed by atoms with Gasteiger partial charge >= 0.3 is 0 Å². The van der Waals surface area contributed by atoms with Crippen LogP contribution < -0.4 is 10.6 Å². The van der Waals surface area contributed by atoms with E-state index in [0.29, 0.717) is 29.7 Å². The summed E-state index contributed by atoms with van der Waals surface area (Å²) in [5.41, 5.74) is 0.520. The van der Waals surface area contributed by atoms with Crippen LogP contribution in [-0.2, 0) is 9.59 Å². The van der Waals surface area contributed by atoms with E-state index in [0.717, 1.165) is 38.8 Å². The number of hydrogen-bond donors (Lipinski definition) is 2. The summed E-state index contributed by atoms with van der Waals surface area (Å²) in [6.07, 6.45) is 5.76. The Morgan fingerprint density at radius 1 is 1.24 bits per heavy atom. The maximum Gasteiger partial charge on any atom is 0.247 e. The number of carbonyl (C=O) groups excluding carboxylic acids is 2. The highest BCUT2D eigenvalue weighted by Crippen LogP contribution is 2.26. The molecule has 0 unspecified atom stereocenters. The van der Waals surface area contributed by atoms with Gasteiger partial charge in [0.05, 0.1) is 12.2 Å². The van der Waals surface area contributed by atoms with E-state index in [4.69, 9.17) is 9.68 Å². The SMILES string of the molecule is Cc1cc2cc(NC(=N[C@H]3CCCCN(CC(=O)N4CCCC4)C3=O)NC#N)c(F)cc2o1. The number of anilines is 1. The molecule has 0 bridgehead atoms. The van der Waals surface area contributed by atoms with E-state index in [1.165, 1.54) is 6.07 Å². The number of halogens is 1. The highest BCUT2D eigenvalue weighted by Gasteiger charge is 2.30. The normalized spacial score (nSPS) is 19.5. The first kappa shape index (κ1) is 22.6. The number of hydrogen-bond acceptors (Lipinski definition) is 5. The second kappa shape index (κ2) is 9.90. The number of carbonyl (C=O) groups is 2. The van der Waals surface area contributed by atoms with Gasteiger partial charge in [-0.2, -0.15) is 5.26 Å². The minimum Gasteiger partial charge on any atom is -0.461 e. The Morgan fingerprint density at radius 2 is 2.00 bits per heavy atom. The number of fused-ring (bicyclic) bond motifs is 1. The van der Waals surface area contributed by atoms with Crippen LogP contribution in [0.15, 0.2) is 27.6 Å². The van der Waals surface area contributed by atoms with Crippen LogP contribution >= 0.6 is 0 Å². The Morgan fingerprint density at radius 3 is 2.76 bits per heavy atom. The molecule has 1 aromatic heterocycles. The van der Waals surface area contributed by atoms with E-state index < -0.39 is 11.9 Å². The van der Waals surface area contributed by atoms with Crippen LogP contribution in [0.2, 0.25) is 0 Å². The molecule has 2 saturated heterocycles. The molecule has 10 heteroatoms. The van der Waals surface area contributed by atoms with E-state index >= 15 is 0 Å². The number of nitrogens with zero attached hydrogens (tertiary/aromatic N) is 4. The third-order valence-corrected chi connectivity index (χ3v) is 5.98. The van der Waals surface area contributed by atoms with Crippen molar-refractivity contribution in [1.29, 1.82) is 5.26 Å². The average Bonchev–Trinajstić information content (AvgIpc) is 3.40. The highest BCUT2D eigenvalue weighted by molar-refractivity contribution is 5.98. The number of nitrogens with one attached hydrogen (secondary N) is 2. The van der Waals surface area contributed by atoms with Crippen molar-refractivity contribution in [2.45, 2.75) is 45.1 Å². The molecule has 2 aromatic rings. The molecule has 1 atom stereocenters. The molecule has 0 radical (unpaired) electrons. The average molecular weight is 455 g/mol. The second-order valence-corrected chi connectivity index (χ2v) is 8.43. The molecule has 0 saturated carbocycles. The maximum atomic E-state index is 14.6. The topological polar surface area (TPSA) is 114 Å². The molecule has 0 aliphatic carbocycles. The summed E-state index contributed by atoms with van der Waals surface area (Å²) < 4.78 is 20.0. The first-order valence-electron chi connectivity index (χ1n) is 11.2. The van der Waals surface area contributed by atoms with Crippen LogP contribution in [0.1, 0.15) is 37.9 Å². The van der Waals surface area contributed by atoms with Crippen LogP contribution in [0.3, 0.4) is 0 Å². The molecule has 2 amide bonds. The van der Waals surface area contributed by atoms with E-state index in [1.54, 1.807) is 35.0 Å². The number of aliphatic imine (C=N–C) groups is 1. The van der Waals surface area contributed by atoms with Crippen LogP contribution in [0.4, 0.5) is 10.1 Å². The monoisotopic (exact) mass is 454 g/mol. The van der Waals surface area contributed by atoms with Crippen molar-refractivity contribution in [3.8, 4) is 6.19 Å². The Labute approximate surface area is 191 Å². The molecule has 2 aliphatic heterocycles. The van der Waals surface area contributed by atoms with Crippen LogP contribution in [0.5, 0.6) is 0 Å². The lowest BCUT2D eigenvalue weighted by molar-refractivity contribution is -0.140. The molecule has 2 fully saturated rings. The van der Waals surface area contributed by atoms with Gasteiger partial charge in [0, 0.05) is 31.1 Å². The lowest BCUT2D eigenvalue weighted by Gasteiger charge is -2.25. The minimum atomic E-state index is -0.773. The summed E-state index contributed by atoms with van der Waals surface area (Å²) in [6.45, 7) is 3.75. The second-order valence-electron chi connectivity index (χ2n) is 8.43. The lowest BCUT2D eigenvalue weighted by Crippen LogP contribution is -2.45. The van der Waals surface area contributed by atoms with Crippen LogP contribution in [0.25, 0.3) is 11.0 Å². The highest BCUT2D eigenvalue weighted by atomic mass is 19.1. The maximum absolute atomic E-state index is 14.6. The van der Waals surface area contributed by atoms with Crippen molar-refractivity contribution in [3.05, 3.63) is 29.8 Å². The van der Waals surface area contributed by atoms with Crippen LogP contribution in [-0.4, -0.2) is 59.8 Å². The molecule has 1 aromatic carbocycles. The molecule has 33 heavy (non-hydrogen) atoms. The number of nitriles is 1. The predicted molar refractivity (Wildman–Crippen MR) is 121 cm³/mol. The fourth-order valence-electron chi connectivity index (χ4n) is 4.31. The zero-order chi connectivity index (χ0) is 23.4. The van der Waals surface area contributed by atoms with Gasteiger partial charge in [-0.1, -0.05) is 0 Å². The molecule has 0 spiro atoms. The summed E-state index contributed by atoms with van der Waals surface area (Å²) in [5.74, 6) is -0.264. The van der Waals surface area contributed by atoms with Gasteiger partial charge < -0.3 is 19.5 Å². The fourth-order valence-corrected chi connectivity index (χ4v) is 4.31. The van der Waals surface area contributed by atoms with E-state index in [1.807, 2.05) is 0 Å². The van der Waals surface area contributed by atoms with Gasteiger partial charge in [-0.05, 0) is 51.2 Å². The summed E-state index contributed by atoms with van der Waals surface area (Å²) in [5, 5.41) is 15.1. The van der Waals surface area contributed by atoms with Crippen molar-refractivity contribution in [1.82, 2.24) is 15.1 Å². The number of aryl methyl sites for hydroxylation is 1. The molecule has 4 rings (SSSR count). The Balaban J connectivity index is 1.53. The standard InChI is InChI=1S/C23H27FN6O3/c1-15-10-16-11-19(17(24)12-20(16)33-15)28-23(26-14-25)27-18-6-2-3-9-30(22(18)32)13-21(31)29-7-4-5-8-29/h10-12,18H,2-9,13H2,1H3,(H2,26,27,28)/t18-/m0/s1. The largest absolute Gasteiger partial charge is 0.461 e. The minimum absolute atomic E-state index is 0.0259. The van der Waals surface area contributed by atoms with E-state index in [-0.39, 0.29) is 30.0 Å². The van der Waals surface area contributed by atoms with Gasteiger partial charge in [0.2, 0.25) is 17.8 Å². The zero-order valence-electron chi connectivity index (χ0n) is 18.6. The molecule has 2 aliphatic rings. The Hall–Kier alpha value is -3.61. The first-order valence-corrected chi connectivity index (χ1v) is 11.2. The smallest absolute Gasteiger partial charge is 0.247 e. The van der Waals surface area contributed by atoms with Crippen molar-refractivity contribution in [2.24, 2.45) is 4.99 Å². The summed E-state index contributed by atoms with van der Waals surface area (Å²) in [7, 11) is 0. The van der Waals surface area contributed by atoms with Crippen LogP contribution in [0, 0.1) is 24.2 Å². The van der Waals surface area contributed by atoms with Gasteiger partial charge in [0.25, 0.3) is 0 Å². The van der Waals surface area contributed by atoms with Gasteiger partial charge in [0.15, 0.2) is 6.19 Å². The van der Waals surface area contributed by atoms with E-state index in [2.05, 4.69) is 15.6 Å². The summed E-state index contributed by atoms with van der Waals surface area (Å²) in [6, 6.07) is 3.83. The quantitative estimate of drug-likeness (QED) is 0.318. The lowest BCUT2D eigenvalue weighted by atomic mass is 10.1. The molecule has 2 N–H and O–H groups in total. The molecule has 3 heterocycles. The van der Waals surface area contributed by atoms with Gasteiger partial charge in [-0.25, -0.2) is 9.38 Å². The number of rotatable bonds is 4. The van der Waals surface area contributed by atoms with Crippen molar-refractivity contribution in [3.63, 3.8) is 0 Å². The number of amides is 2. The number of guanidine groups is 1. The number of likely N-dealkylation sites (tertiary alicyclic amines) is 2. The summed E-state index contributed by atoms with van der Waals surface area (Å²) >= 11 is 0.